The Hall–Kier alpha value is -0.640. The molecule has 0 unspecified atom stereocenters. The van der Waals surface area contributed by atoms with Gasteiger partial charge in [-0.3, -0.25) is 0 Å². The van der Waals surface area contributed by atoms with Crippen molar-refractivity contribution < 1.29 is 8.78 Å². The van der Waals surface area contributed by atoms with Gasteiger partial charge in [0, 0.05) is 31.0 Å². The van der Waals surface area contributed by atoms with Crippen molar-refractivity contribution in [1.29, 1.82) is 0 Å². The molecular formula is C8H14F2N2. The minimum Gasteiger partial charge on any atom is -0.318 e. The predicted octanol–water partition coefficient (Wildman–Crippen LogP) is 1.74. The fourth-order valence-corrected chi connectivity index (χ4v) is 1.72. The highest BCUT2D eigenvalue weighted by atomic mass is 19.3. The fraction of sp³-hybridized carbons (Fsp3) is 0.750. The first-order valence-electron chi connectivity index (χ1n) is 3.82. The fourth-order valence-electron chi connectivity index (χ4n) is 1.72. The molecule has 1 aliphatic carbocycles. The Morgan fingerprint density at radius 1 is 1.50 bits per heavy atom. The zero-order chi connectivity index (χ0) is 9.57. The van der Waals surface area contributed by atoms with Gasteiger partial charge in [0.25, 0.3) is 0 Å². The summed E-state index contributed by atoms with van der Waals surface area (Å²) in [7, 11) is 1.62. The maximum atomic E-state index is 12.6. The van der Waals surface area contributed by atoms with E-state index in [0.29, 0.717) is 5.70 Å². The lowest BCUT2D eigenvalue weighted by Gasteiger charge is -2.47. The molecule has 1 saturated carbocycles. The molecule has 0 aliphatic heterocycles. The Morgan fingerprint density at radius 2 is 1.92 bits per heavy atom. The zero-order valence-electron chi connectivity index (χ0n) is 7.40. The van der Waals surface area contributed by atoms with E-state index in [1.54, 1.807) is 14.0 Å². The third-order valence-corrected chi connectivity index (χ3v) is 2.42. The summed E-state index contributed by atoms with van der Waals surface area (Å²) in [6, 6.07) is 0. The second-order valence-corrected chi connectivity index (χ2v) is 3.83. The number of rotatable bonds is 2. The van der Waals surface area contributed by atoms with Crippen molar-refractivity contribution in [3.05, 3.63) is 12.3 Å². The van der Waals surface area contributed by atoms with Gasteiger partial charge in [-0.25, -0.2) is 14.6 Å². The number of nitrogens with two attached hydrogens (primary N) is 1. The van der Waals surface area contributed by atoms with Crippen LogP contribution >= 0.6 is 0 Å². The van der Waals surface area contributed by atoms with E-state index in [4.69, 9.17) is 5.84 Å². The maximum absolute atomic E-state index is 12.6. The highest BCUT2D eigenvalue weighted by Gasteiger charge is 2.55. The molecule has 0 aromatic carbocycles. The number of hydrogen-bond acceptors (Lipinski definition) is 2. The summed E-state index contributed by atoms with van der Waals surface area (Å²) in [6.45, 7) is 5.44. The van der Waals surface area contributed by atoms with Crippen molar-refractivity contribution >= 4 is 0 Å². The van der Waals surface area contributed by atoms with E-state index < -0.39 is 11.3 Å². The summed E-state index contributed by atoms with van der Waals surface area (Å²) in [6.07, 6.45) is -0.277. The second kappa shape index (κ2) is 2.42. The summed E-state index contributed by atoms with van der Waals surface area (Å²) in [4.78, 5) is 0. The lowest BCUT2D eigenvalue weighted by molar-refractivity contribution is -0.145. The molecule has 0 aromatic rings. The molecule has 0 radical (unpaired) electrons. The SMILES string of the molecule is C=C(N(C)N)C1(C)CC(F)(F)C1. The van der Waals surface area contributed by atoms with Crippen molar-refractivity contribution in [1.82, 2.24) is 5.01 Å². The summed E-state index contributed by atoms with van der Waals surface area (Å²) in [5, 5.41) is 1.31. The zero-order valence-corrected chi connectivity index (χ0v) is 7.40. The van der Waals surface area contributed by atoms with Gasteiger partial charge < -0.3 is 5.01 Å². The van der Waals surface area contributed by atoms with Gasteiger partial charge in [-0.05, 0) is 0 Å². The van der Waals surface area contributed by atoms with Crippen molar-refractivity contribution in [3.63, 3.8) is 0 Å². The van der Waals surface area contributed by atoms with Gasteiger partial charge in [-0.1, -0.05) is 13.5 Å². The minimum absolute atomic E-state index is 0.139. The van der Waals surface area contributed by atoms with E-state index in [1.807, 2.05) is 0 Å². The topological polar surface area (TPSA) is 29.3 Å². The van der Waals surface area contributed by atoms with Crippen LogP contribution in [0.2, 0.25) is 0 Å². The summed E-state index contributed by atoms with van der Waals surface area (Å²) in [5.74, 6) is 2.89. The van der Waals surface area contributed by atoms with Crippen LogP contribution in [0, 0.1) is 5.41 Å². The number of alkyl halides is 2. The molecule has 0 amide bonds. The first-order valence-corrected chi connectivity index (χ1v) is 3.82. The molecule has 0 atom stereocenters. The third-order valence-electron chi connectivity index (χ3n) is 2.42. The van der Waals surface area contributed by atoms with Gasteiger partial charge in [0.05, 0.1) is 0 Å². The van der Waals surface area contributed by atoms with Gasteiger partial charge in [0.1, 0.15) is 0 Å². The van der Waals surface area contributed by atoms with Crippen molar-refractivity contribution in [2.45, 2.75) is 25.7 Å². The van der Waals surface area contributed by atoms with Crippen LogP contribution in [0.15, 0.2) is 12.3 Å². The van der Waals surface area contributed by atoms with Crippen LogP contribution in [-0.2, 0) is 0 Å². The quantitative estimate of drug-likeness (QED) is 0.513. The second-order valence-electron chi connectivity index (χ2n) is 3.83. The molecule has 70 valence electrons. The average molecular weight is 176 g/mol. The molecular weight excluding hydrogens is 162 g/mol. The standard InChI is InChI=1S/C8H14F2N2/c1-6(12(3)11)7(2)4-8(9,10)5-7/h1,4-5,11H2,2-3H3. The van der Waals surface area contributed by atoms with Gasteiger partial charge >= 0.3 is 0 Å². The van der Waals surface area contributed by atoms with E-state index in [2.05, 4.69) is 6.58 Å². The van der Waals surface area contributed by atoms with E-state index in [-0.39, 0.29) is 12.8 Å². The van der Waals surface area contributed by atoms with Gasteiger partial charge in [-0.15, -0.1) is 0 Å². The molecule has 1 aliphatic rings. The summed E-state index contributed by atoms with van der Waals surface area (Å²) >= 11 is 0. The van der Waals surface area contributed by atoms with Crippen LogP contribution in [0.1, 0.15) is 19.8 Å². The Balaban J connectivity index is 2.61. The lowest BCUT2D eigenvalue weighted by atomic mass is 9.65. The van der Waals surface area contributed by atoms with Crippen LogP contribution in [-0.4, -0.2) is 18.0 Å². The van der Waals surface area contributed by atoms with Crippen LogP contribution < -0.4 is 5.84 Å². The Bertz CT molecular complexity index is 203. The summed E-state index contributed by atoms with van der Waals surface area (Å²) < 4.78 is 25.1. The van der Waals surface area contributed by atoms with Crippen molar-refractivity contribution in [3.8, 4) is 0 Å². The van der Waals surface area contributed by atoms with Gasteiger partial charge in [-0.2, -0.15) is 0 Å². The predicted molar refractivity (Wildman–Crippen MR) is 43.4 cm³/mol. The monoisotopic (exact) mass is 176 g/mol. The number of halogens is 2. The van der Waals surface area contributed by atoms with E-state index >= 15 is 0 Å². The molecule has 1 fully saturated rings. The first-order chi connectivity index (χ1) is 5.27. The van der Waals surface area contributed by atoms with Gasteiger partial charge in [0.2, 0.25) is 5.92 Å². The largest absolute Gasteiger partial charge is 0.318 e. The highest BCUT2D eigenvalue weighted by molar-refractivity contribution is 5.15. The van der Waals surface area contributed by atoms with Crippen LogP contribution in [0.5, 0.6) is 0 Å². The van der Waals surface area contributed by atoms with E-state index in [9.17, 15) is 8.78 Å². The molecule has 0 aromatic heterocycles. The molecule has 2 nitrogen and oxygen atoms in total. The lowest BCUT2D eigenvalue weighted by Crippen LogP contribution is -2.49. The molecule has 0 heterocycles. The maximum Gasteiger partial charge on any atom is 0.250 e. The smallest absolute Gasteiger partial charge is 0.250 e. The molecule has 0 saturated heterocycles. The van der Waals surface area contributed by atoms with Crippen LogP contribution in [0.3, 0.4) is 0 Å². The molecule has 0 spiro atoms. The van der Waals surface area contributed by atoms with Crippen molar-refractivity contribution in [2.24, 2.45) is 11.3 Å². The molecule has 4 heteroatoms. The Kier molecular flexibility index (Phi) is 1.91. The van der Waals surface area contributed by atoms with Crippen LogP contribution in [0.4, 0.5) is 8.78 Å². The van der Waals surface area contributed by atoms with E-state index in [1.165, 1.54) is 5.01 Å². The molecule has 2 N–H and O–H groups in total. The number of hydrogen-bond donors (Lipinski definition) is 1. The summed E-state index contributed by atoms with van der Waals surface area (Å²) in [5.41, 5.74) is 0.0703. The number of allylic oxidation sites excluding steroid dienone is 1. The third kappa shape index (κ3) is 1.43. The number of nitrogens with zero attached hydrogens (tertiary/aromatic N) is 1. The highest BCUT2D eigenvalue weighted by Crippen LogP contribution is 2.55. The minimum atomic E-state index is -2.52. The average Bonchev–Trinajstić information content (AvgIpc) is 1.81. The van der Waals surface area contributed by atoms with Crippen molar-refractivity contribution in [2.75, 3.05) is 7.05 Å². The normalized spacial score (nSPS) is 24.4. The van der Waals surface area contributed by atoms with Gasteiger partial charge in [0.15, 0.2) is 0 Å². The first kappa shape index (κ1) is 9.45. The Morgan fingerprint density at radius 3 is 2.17 bits per heavy atom. The Labute approximate surface area is 71.0 Å². The van der Waals surface area contributed by atoms with E-state index in [0.717, 1.165) is 0 Å². The van der Waals surface area contributed by atoms with Crippen LogP contribution in [0.25, 0.3) is 0 Å². The molecule has 12 heavy (non-hydrogen) atoms. The number of hydrazine groups is 1. The molecule has 1 rings (SSSR count). The molecule has 0 bridgehead atoms.